The van der Waals surface area contributed by atoms with Crippen LogP contribution in [0.2, 0.25) is 0 Å². The van der Waals surface area contributed by atoms with Gasteiger partial charge in [0.2, 0.25) is 15.9 Å². The molecule has 2 aromatic rings. The average Bonchev–Trinajstić information content (AvgIpc) is 2.75. The van der Waals surface area contributed by atoms with Crippen molar-refractivity contribution < 1.29 is 27.5 Å². The van der Waals surface area contributed by atoms with Crippen molar-refractivity contribution in [3.63, 3.8) is 0 Å². The number of nitrogens with one attached hydrogen (secondary N) is 2. The number of hydrogen-bond donors (Lipinski definition) is 2. The van der Waals surface area contributed by atoms with E-state index >= 15 is 0 Å². The number of fused-ring (bicyclic) bond motifs is 1. The Morgan fingerprint density at radius 3 is 2.48 bits per heavy atom. The molecule has 0 atom stereocenters. The summed E-state index contributed by atoms with van der Waals surface area (Å²) in [6.45, 7) is 2.74. The van der Waals surface area contributed by atoms with E-state index in [4.69, 9.17) is 9.47 Å². The number of ether oxygens (including phenoxy) is 2. The van der Waals surface area contributed by atoms with E-state index in [1.807, 2.05) is 6.92 Å². The van der Waals surface area contributed by atoms with E-state index in [1.165, 1.54) is 6.07 Å². The predicted molar refractivity (Wildman–Crippen MR) is 117 cm³/mol. The van der Waals surface area contributed by atoms with Gasteiger partial charge in [-0.3, -0.25) is 13.9 Å². The fraction of sp³-hybridized carbons (Fsp3) is 0.333. The zero-order valence-corrected chi connectivity index (χ0v) is 18.2. The Balaban J connectivity index is 1.80. The lowest BCUT2D eigenvalue weighted by Gasteiger charge is -2.25. The highest BCUT2D eigenvalue weighted by molar-refractivity contribution is 7.92. The van der Waals surface area contributed by atoms with Crippen LogP contribution in [0.4, 0.5) is 11.4 Å². The number of benzene rings is 2. The lowest BCUT2D eigenvalue weighted by Crippen LogP contribution is -2.38. The summed E-state index contributed by atoms with van der Waals surface area (Å²) in [5, 5.41) is 5.40. The van der Waals surface area contributed by atoms with Gasteiger partial charge in [0.25, 0.3) is 5.91 Å². The topological polar surface area (TPSA) is 114 Å². The molecule has 1 aliphatic rings. The molecule has 0 unspecified atom stereocenters. The van der Waals surface area contributed by atoms with Crippen LogP contribution in [0.5, 0.6) is 11.5 Å². The van der Waals surface area contributed by atoms with Gasteiger partial charge in [-0.1, -0.05) is 19.1 Å². The van der Waals surface area contributed by atoms with Crippen molar-refractivity contribution in [1.82, 2.24) is 5.32 Å². The summed E-state index contributed by atoms with van der Waals surface area (Å²) in [6, 6.07) is 11.2. The molecular formula is C21H25N3O6S. The Morgan fingerprint density at radius 1 is 1.06 bits per heavy atom. The first-order valence-electron chi connectivity index (χ1n) is 9.84. The summed E-state index contributed by atoms with van der Waals surface area (Å²) < 4.78 is 36.7. The highest BCUT2D eigenvalue weighted by atomic mass is 32.2. The van der Waals surface area contributed by atoms with Gasteiger partial charge in [0.1, 0.15) is 19.8 Å². The molecule has 1 aliphatic heterocycles. The van der Waals surface area contributed by atoms with Crippen molar-refractivity contribution in [3.05, 3.63) is 48.0 Å². The van der Waals surface area contributed by atoms with Crippen molar-refractivity contribution in [3.8, 4) is 11.5 Å². The van der Waals surface area contributed by atoms with Crippen LogP contribution in [-0.4, -0.2) is 52.8 Å². The minimum atomic E-state index is -3.77. The SMILES string of the molecule is CCCNC(=O)c1ccccc1NC(=O)CN(c1ccc2c(c1)OCCO2)S(C)(=O)=O. The van der Waals surface area contributed by atoms with E-state index in [2.05, 4.69) is 10.6 Å². The van der Waals surface area contributed by atoms with Crippen LogP contribution in [0.25, 0.3) is 0 Å². The van der Waals surface area contributed by atoms with E-state index in [1.54, 1.807) is 36.4 Å². The summed E-state index contributed by atoms with van der Waals surface area (Å²) in [4.78, 5) is 25.1. The number of anilines is 2. The molecule has 31 heavy (non-hydrogen) atoms. The molecule has 0 saturated carbocycles. The maximum atomic E-state index is 12.7. The Morgan fingerprint density at radius 2 is 1.77 bits per heavy atom. The van der Waals surface area contributed by atoms with Crippen LogP contribution in [0.1, 0.15) is 23.7 Å². The zero-order chi connectivity index (χ0) is 22.4. The van der Waals surface area contributed by atoms with Gasteiger partial charge in [-0.25, -0.2) is 8.42 Å². The lowest BCUT2D eigenvalue weighted by atomic mass is 10.1. The first kappa shape index (κ1) is 22.4. The fourth-order valence-electron chi connectivity index (χ4n) is 3.03. The number of carbonyl (C=O) groups excluding carboxylic acids is 2. The van der Waals surface area contributed by atoms with Crippen LogP contribution in [0, 0.1) is 0 Å². The van der Waals surface area contributed by atoms with Gasteiger partial charge in [0.05, 0.1) is 23.2 Å². The van der Waals surface area contributed by atoms with Crippen LogP contribution in [-0.2, 0) is 14.8 Å². The van der Waals surface area contributed by atoms with Gasteiger partial charge in [-0.2, -0.15) is 0 Å². The molecule has 0 aliphatic carbocycles. The van der Waals surface area contributed by atoms with Crippen LogP contribution in [0.3, 0.4) is 0 Å². The molecule has 0 saturated heterocycles. The fourth-order valence-corrected chi connectivity index (χ4v) is 3.88. The molecule has 2 aromatic carbocycles. The van der Waals surface area contributed by atoms with E-state index in [0.29, 0.717) is 42.5 Å². The molecule has 10 heteroatoms. The first-order chi connectivity index (χ1) is 14.8. The molecule has 0 aromatic heterocycles. The molecule has 166 valence electrons. The van der Waals surface area contributed by atoms with Crippen molar-refractivity contribution in [2.24, 2.45) is 0 Å². The number of rotatable bonds is 8. The predicted octanol–water partition coefficient (Wildman–Crippen LogP) is 2.00. The molecule has 0 bridgehead atoms. The molecule has 0 radical (unpaired) electrons. The van der Waals surface area contributed by atoms with Crippen molar-refractivity contribution in [1.29, 1.82) is 0 Å². The molecule has 2 amide bonds. The Kier molecular flexibility index (Phi) is 7.01. The minimum Gasteiger partial charge on any atom is -0.486 e. The molecule has 3 rings (SSSR count). The highest BCUT2D eigenvalue weighted by Crippen LogP contribution is 2.34. The third-order valence-corrected chi connectivity index (χ3v) is 5.62. The van der Waals surface area contributed by atoms with Gasteiger partial charge in [-0.05, 0) is 30.7 Å². The largest absolute Gasteiger partial charge is 0.486 e. The zero-order valence-electron chi connectivity index (χ0n) is 17.4. The standard InChI is InChI=1S/C21H25N3O6S/c1-3-10-22-21(26)16-6-4-5-7-17(16)23-20(25)14-24(31(2,27)28)15-8-9-18-19(13-15)30-12-11-29-18/h4-9,13H,3,10-12,14H2,1-2H3,(H,22,26)(H,23,25). The summed E-state index contributed by atoms with van der Waals surface area (Å²) in [5.41, 5.74) is 0.877. The number of hydrogen-bond acceptors (Lipinski definition) is 6. The minimum absolute atomic E-state index is 0.274. The highest BCUT2D eigenvalue weighted by Gasteiger charge is 2.24. The van der Waals surface area contributed by atoms with E-state index in [9.17, 15) is 18.0 Å². The van der Waals surface area contributed by atoms with Gasteiger partial charge < -0.3 is 20.1 Å². The monoisotopic (exact) mass is 447 g/mol. The summed E-state index contributed by atoms with van der Waals surface area (Å²) >= 11 is 0. The smallest absolute Gasteiger partial charge is 0.253 e. The van der Waals surface area contributed by atoms with Gasteiger partial charge in [0.15, 0.2) is 11.5 Å². The molecule has 0 fully saturated rings. The number of sulfonamides is 1. The van der Waals surface area contributed by atoms with Crippen molar-refractivity contribution in [2.75, 3.05) is 42.2 Å². The van der Waals surface area contributed by atoms with E-state index < -0.39 is 22.5 Å². The van der Waals surface area contributed by atoms with Gasteiger partial charge >= 0.3 is 0 Å². The Labute approximate surface area is 181 Å². The lowest BCUT2D eigenvalue weighted by molar-refractivity contribution is -0.114. The van der Waals surface area contributed by atoms with Crippen LogP contribution in [0.15, 0.2) is 42.5 Å². The quantitative estimate of drug-likeness (QED) is 0.640. The Bertz CT molecular complexity index is 1070. The second-order valence-electron chi connectivity index (χ2n) is 6.95. The average molecular weight is 448 g/mol. The molecule has 0 spiro atoms. The number of para-hydroxylation sites is 1. The van der Waals surface area contributed by atoms with E-state index in [-0.39, 0.29) is 11.6 Å². The Hall–Kier alpha value is -3.27. The molecular weight excluding hydrogens is 422 g/mol. The summed E-state index contributed by atoms with van der Waals surface area (Å²) in [5.74, 6) is 0.0243. The van der Waals surface area contributed by atoms with E-state index in [0.717, 1.165) is 17.0 Å². The molecule has 2 N–H and O–H groups in total. The third kappa shape index (κ3) is 5.66. The number of amides is 2. The maximum absolute atomic E-state index is 12.7. The van der Waals surface area contributed by atoms with Crippen molar-refractivity contribution >= 4 is 33.2 Å². The molecule has 1 heterocycles. The maximum Gasteiger partial charge on any atom is 0.253 e. The van der Waals surface area contributed by atoms with Crippen molar-refractivity contribution in [2.45, 2.75) is 13.3 Å². The second-order valence-corrected chi connectivity index (χ2v) is 8.85. The summed E-state index contributed by atoms with van der Waals surface area (Å²) in [7, 11) is -3.77. The third-order valence-electron chi connectivity index (χ3n) is 4.48. The normalized spacial score (nSPS) is 12.7. The number of carbonyl (C=O) groups is 2. The van der Waals surface area contributed by atoms with Gasteiger partial charge in [-0.15, -0.1) is 0 Å². The van der Waals surface area contributed by atoms with Gasteiger partial charge in [0, 0.05) is 12.6 Å². The number of nitrogens with zero attached hydrogens (tertiary/aromatic N) is 1. The first-order valence-corrected chi connectivity index (χ1v) is 11.7. The second kappa shape index (κ2) is 9.69. The van der Waals surface area contributed by atoms with Crippen LogP contribution >= 0.6 is 0 Å². The van der Waals surface area contributed by atoms with Crippen LogP contribution < -0.4 is 24.4 Å². The molecule has 9 nitrogen and oxygen atoms in total. The summed E-state index contributed by atoms with van der Waals surface area (Å²) in [6.07, 6.45) is 1.79.